The zero-order valence-electron chi connectivity index (χ0n) is 9.05. The predicted molar refractivity (Wildman–Crippen MR) is 78.8 cm³/mol. The monoisotopic (exact) mass is 360 g/mol. The SMILES string of the molecule is O=C1NC(=S)S/C1=C/c1cc([N+](=O)[O-])cc(Br)c1O. The Morgan fingerprint density at radius 1 is 1.53 bits per heavy atom. The van der Waals surface area contributed by atoms with Crippen molar-refractivity contribution in [2.24, 2.45) is 0 Å². The van der Waals surface area contributed by atoms with Gasteiger partial charge in [0.15, 0.2) is 0 Å². The molecule has 2 N–H and O–H groups in total. The molecule has 1 aliphatic heterocycles. The number of hydrogen-bond donors (Lipinski definition) is 2. The molecule has 6 nitrogen and oxygen atoms in total. The first kappa shape index (κ1) is 14.0. The number of non-ortho nitro benzene ring substituents is 1. The Balaban J connectivity index is 2.51. The number of benzene rings is 1. The second-order valence-corrected chi connectivity index (χ2v) is 6.05. The van der Waals surface area contributed by atoms with Gasteiger partial charge in [-0.3, -0.25) is 14.9 Å². The molecule has 0 atom stereocenters. The molecule has 1 fully saturated rings. The van der Waals surface area contributed by atoms with Crippen molar-refractivity contribution in [3.8, 4) is 5.75 Å². The molecule has 0 unspecified atom stereocenters. The number of thiocarbonyl (C=S) groups is 1. The van der Waals surface area contributed by atoms with Crippen molar-refractivity contribution in [2.75, 3.05) is 0 Å². The number of phenolic OH excluding ortho intramolecular Hbond substituents is 1. The maximum Gasteiger partial charge on any atom is 0.271 e. The van der Waals surface area contributed by atoms with E-state index in [2.05, 4.69) is 21.2 Å². The summed E-state index contributed by atoms with van der Waals surface area (Å²) >= 11 is 8.88. The van der Waals surface area contributed by atoms with Crippen LogP contribution in [0.5, 0.6) is 5.75 Å². The van der Waals surface area contributed by atoms with Crippen molar-refractivity contribution in [1.82, 2.24) is 5.32 Å². The quantitative estimate of drug-likeness (QED) is 0.364. The molecule has 0 spiro atoms. The number of phenols is 1. The predicted octanol–water partition coefficient (Wildman–Crippen LogP) is 2.55. The van der Waals surface area contributed by atoms with E-state index < -0.39 is 10.8 Å². The number of aromatic hydroxyl groups is 1. The molecule has 1 aromatic rings. The summed E-state index contributed by atoms with van der Waals surface area (Å²) in [5, 5.41) is 23.0. The first-order valence-corrected chi connectivity index (χ1v) is 6.82. The van der Waals surface area contributed by atoms with Gasteiger partial charge in [-0.1, -0.05) is 24.0 Å². The molecule has 1 heterocycles. The molecule has 1 aromatic carbocycles. The van der Waals surface area contributed by atoms with Gasteiger partial charge in [-0.2, -0.15) is 0 Å². The Morgan fingerprint density at radius 2 is 2.21 bits per heavy atom. The molecule has 1 saturated heterocycles. The van der Waals surface area contributed by atoms with Gasteiger partial charge in [0.2, 0.25) is 0 Å². The summed E-state index contributed by atoms with van der Waals surface area (Å²) in [5.41, 5.74) is -0.0223. The van der Waals surface area contributed by atoms with Crippen LogP contribution >= 0.6 is 39.9 Å². The van der Waals surface area contributed by atoms with E-state index in [0.717, 1.165) is 11.8 Å². The summed E-state index contributed by atoms with van der Waals surface area (Å²) in [6.07, 6.45) is 1.35. The summed E-state index contributed by atoms with van der Waals surface area (Å²) in [4.78, 5) is 21.9. The lowest BCUT2D eigenvalue weighted by Gasteiger charge is -2.03. The molecule has 0 aliphatic carbocycles. The first-order chi connectivity index (χ1) is 8.88. The molecule has 1 aliphatic rings. The van der Waals surface area contributed by atoms with Crippen molar-refractivity contribution >= 4 is 61.9 Å². The summed E-state index contributed by atoms with van der Waals surface area (Å²) in [6, 6.07) is 2.37. The molecule has 0 saturated carbocycles. The van der Waals surface area contributed by atoms with Crippen molar-refractivity contribution in [3.05, 3.63) is 37.2 Å². The largest absolute Gasteiger partial charge is 0.506 e. The number of nitrogens with one attached hydrogen (secondary N) is 1. The molecule has 9 heteroatoms. The summed E-state index contributed by atoms with van der Waals surface area (Å²) in [7, 11) is 0. The molecule has 19 heavy (non-hydrogen) atoms. The zero-order valence-corrected chi connectivity index (χ0v) is 12.3. The Bertz CT molecular complexity index is 645. The third kappa shape index (κ3) is 2.94. The Hall–Kier alpha value is -1.45. The highest BCUT2D eigenvalue weighted by molar-refractivity contribution is 9.10. The summed E-state index contributed by atoms with van der Waals surface area (Å²) in [5.74, 6) is -0.568. The number of carbonyl (C=O) groups excluding carboxylic acids is 1. The van der Waals surface area contributed by atoms with Crippen LogP contribution in [0.3, 0.4) is 0 Å². The number of nitro benzene ring substituents is 1. The number of nitro groups is 1. The Morgan fingerprint density at radius 3 is 2.74 bits per heavy atom. The smallest absolute Gasteiger partial charge is 0.271 e. The summed E-state index contributed by atoms with van der Waals surface area (Å²) < 4.78 is 0.486. The van der Waals surface area contributed by atoms with E-state index >= 15 is 0 Å². The number of nitrogens with zero attached hydrogens (tertiary/aromatic N) is 1. The van der Waals surface area contributed by atoms with Crippen LogP contribution in [-0.2, 0) is 4.79 Å². The molecule has 0 aromatic heterocycles. The van der Waals surface area contributed by atoms with Crippen LogP contribution in [-0.4, -0.2) is 20.3 Å². The zero-order chi connectivity index (χ0) is 14.2. The highest BCUT2D eigenvalue weighted by Gasteiger charge is 2.23. The van der Waals surface area contributed by atoms with E-state index in [1.807, 2.05) is 0 Å². The van der Waals surface area contributed by atoms with Gasteiger partial charge in [-0.15, -0.1) is 0 Å². The van der Waals surface area contributed by atoms with Crippen LogP contribution in [0.2, 0.25) is 0 Å². The minimum absolute atomic E-state index is 0.170. The lowest BCUT2D eigenvalue weighted by atomic mass is 10.1. The highest BCUT2D eigenvalue weighted by atomic mass is 79.9. The fourth-order valence-electron chi connectivity index (χ4n) is 1.38. The van der Waals surface area contributed by atoms with E-state index in [0.29, 0.717) is 4.32 Å². The fourth-order valence-corrected chi connectivity index (χ4v) is 2.88. The van der Waals surface area contributed by atoms with E-state index in [1.165, 1.54) is 18.2 Å². The minimum atomic E-state index is -0.585. The molecular formula is C10H5BrN2O4S2. The number of hydrogen-bond acceptors (Lipinski definition) is 6. The van der Waals surface area contributed by atoms with Gasteiger partial charge in [-0.05, 0) is 22.0 Å². The number of amides is 1. The molecular weight excluding hydrogens is 356 g/mol. The van der Waals surface area contributed by atoms with E-state index in [9.17, 15) is 20.0 Å². The number of halogens is 1. The normalized spacial score (nSPS) is 16.8. The van der Waals surface area contributed by atoms with Gasteiger partial charge in [0.25, 0.3) is 11.6 Å². The van der Waals surface area contributed by atoms with Gasteiger partial charge in [-0.25, -0.2) is 0 Å². The van der Waals surface area contributed by atoms with Crippen LogP contribution in [0.15, 0.2) is 21.5 Å². The Kier molecular flexibility index (Phi) is 3.88. The first-order valence-electron chi connectivity index (χ1n) is 4.80. The molecule has 1 amide bonds. The van der Waals surface area contributed by atoms with Crippen LogP contribution in [0.4, 0.5) is 5.69 Å². The van der Waals surface area contributed by atoms with E-state index in [-0.39, 0.29) is 26.4 Å². The number of thioether (sulfide) groups is 1. The number of rotatable bonds is 2. The van der Waals surface area contributed by atoms with Crippen molar-refractivity contribution in [3.63, 3.8) is 0 Å². The minimum Gasteiger partial charge on any atom is -0.506 e. The third-order valence-corrected chi connectivity index (χ3v) is 3.98. The fraction of sp³-hybridized carbons (Fsp3) is 0. The number of carbonyl (C=O) groups is 1. The van der Waals surface area contributed by atoms with Crippen LogP contribution in [0, 0.1) is 10.1 Å². The van der Waals surface area contributed by atoms with E-state index in [1.54, 1.807) is 0 Å². The van der Waals surface area contributed by atoms with Crippen LogP contribution in [0.1, 0.15) is 5.56 Å². The van der Waals surface area contributed by atoms with Gasteiger partial charge in [0.1, 0.15) is 10.1 Å². The topological polar surface area (TPSA) is 92.5 Å². The average Bonchev–Trinajstić information content (AvgIpc) is 2.63. The lowest BCUT2D eigenvalue weighted by molar-refractivity contribution is -0.385. The molecule has 0 bridgehead atoms. The average molecular weight is 361 g/mol. The standard InChI is InChI=1S/C10H5BrN2O4S2/c11-6-3-5(13(16)17)1-4(8(6)14)2-7-9(15)12-10(18)19-7/h1-3,14H,(H,12,15,18)/b7-2+. The van der Waals surface area contributed by atoms with Crippen molar-refractivity contribution < 1.29 is 14.8 Å². The van der Waals surface area contributed by atoms with Gasteiger partial charge in [0.05, 0.1) is 14.3 Å². The van der Waals surface area contributed by atoms with Gasteiger partial charge >= 0.3 is 0 Å². The maximum absolute atomic E-state index is 11.5. The Labute approximate surface area is 125 Å². The van der Waals surface area contributed by atoms with Crippen molar-refractivity contribution in [1.29, 1.82) is 0 Å². The second kappa shape index (κ2) is 5.27. The van der Waals surface area contributed by atoms with Gasteiger partial charge < -0.3 is 10.4 Å². The highest BCUT2D eigenvalue weighted by Crippen LogP contribution is 2.36. The molecule has 2 rings (SSSR count). The van der Waals surface area contributed by atoms with E-state index in [4.69, 9.17) is 12.2 Å². The lowest BCUT2D eigenvalue weighted by Crippen LogP contribution is -2.17. The molecule has 98 valence electrons. The third-order valence-electron chi connectivity index (χ3n) is 2.22. The van der Waals surface area contributed by atoms with Crippen molar-refractivity contribution in [2.45, 2.75) is 0 Å². The van der Waals surface area contributed by atoms with Crippen LogP contribution in [0.25, 0.3) is 6.08 Å². The molecule has 0 radical (unpaired) electrons. The maximum atomic E-state index is 11.5. The summed E-state index contributed by atoms with van der Waals surface area (Å²) in [6.45, 7) is 0. The second-order valence-electron chi connectivity index (χ2n) is 3.47. The van der Waals surface area contributed by atoms with Crippen LogP contribution < -0.4 is 5.32 Å². The van der Waals surface area contributed by atoms with Gasteiger partial charge in [0, 0.05) is 17.7 Å².